The first-order valence-electron chi connectivity index (χ1n) is 30.2. The second-order valence-electron chi connectivity index (χ2n) is 15.3. The van der Waals surface area contributed by atoms with E-state index in [4.69, 9.17) is 25.9 Å². The molecule has 4 aromatic heterocycles. The highest BCUT2D eigenvalue weighted by molar-refractivity contribution is 7.21. The first-order chi connectivity index (χ1) is 40.1. The summed E-state index contributed by atoms with van der Waals surface area (Å²) in [5, 5.41) is 2.38. The molecule has 1 aliphatic rings. The SMILES string of the molecule is [2H]c1c([2H])c(-c2nc(-n3c4c([2H])c([2H])c([2H])c([2H])c4c4c([2H])c([2H])c([2H])c([2H])c43)nc(-n3c4c([2H])c([2H])c([2H])c([2H])c4c4c([2H])c([2H])c([2H])c([2H])c43)n2)c([2H])c([Si]2(c3ccccc3)c3ccccc3-n3c4ccccc4c4cccc2c43)c1[2H]. The van der Waals surface area contributed by atoms with Gasteiger partial charge in [0.2, 0.25) is 11.9 Å². The molecule has 298 valence electrons. The van der Waals surface area contributed by atoms with Crippen LogP contribution in [0.3, 0.4) is 0 Å². The number of aromatic nitrogens is 6. The molecule has 0 spiro atoms. The Balaban J connectivity index is 1.22. The number of benzene rings is 9. The number of hydrogen-bond acceptors (Lipinski definition) is 3. The minimum absolute atomic E-state index is 0.0184. The lowest BCUT2D eigenvalue weighted by Crippen LogP contribution is -2.76. The van der Waals surface area contributed by atoms with Gasteiger partial charge in [-0.05, 0) is 57.0 Å². The van der Waals surface area contributed by atoms with Gasteiger partial charge >= 0.3 is 0 Å². The van der Waals surface area contributed by atoms with Crippen LogP contribution in [0.2, 0.25) is 0 Å². The third kappa shape index (κ3) is 4.70. The predicted molar refractivity (Wildman–Crippen MR) is 265 cm³/mol. The Morgan fingerprint density at radius 1 is 0.375 bits per heavy atom. The molecule has 0 radical (unpaired) electrons. The Labute approximate surface area is 396 Å². The smallest absolute Gasteiger partial charge is 0.240 e. The van der Waals surface area contributed by atoms with Crippen molar-refractivity contribution in [2.45, 2.75) is 0 Å². The summed E-state index contributed by atoms with van der Waals surface area (Å²) < 4.78 is 189. The van der Waals surface area contributed by atoms with Crippen LogP contribution in [-0.4, -0.2) is 36.7 Å². The fourth-order valence-electron chi connectivity index (χ4n) is 9.67. The molecule has 14 rings (SSSR count). The van der Waals surface area contributed by atoms with E-state index in [9.17, 15) is 16.4 Å². The van der Waals surface area contributed by atoms with Gasteiger partial charge in [0.1, 0.15) is 0 Å². The zero-order valence-corrected chi connectivity index (χ0v) is 33.9. The van der Waals surface area contributed by atoms with Crippen LogP contribution in [0, 0.1) is 0 Å². The van der Waals surface area contributed by atoms with E-state index in [1.165, 1.54) is 0 Å². The maximum Gasteiger partial charge on any atom is 0.240 e. The lowest BCUT2D eigenvalue weighted by atomic mass is 10.1. The van der Waals surface area contributed by atoms with Gasteiger partial charge < -0.3 is 4.57 Å². The molecule has 7 heteroatoms. The molecule has 0 aliphatic carbocycles. The summed E-state index contributed by atoms with van der Waals surface area (Å²) in [6.07, 6.45) is 0. The Morgan fingerprint density at radius 3 is 1.55 bits per heavy atom. The van der Waals surface area contributed by atoms with Crippen LogP contribution in [0.5, 0.6) is 0 Å². The second kappa shape index (κ2) is 13.3. The van der Waals surface area contributed by atoms with Gasteiger partial charge in [0.05, 0.1) is 60.5 Å². The van der Waals surface area contributed by atoms with E-state index in [0.717, 1.165) is 41.8 Å². The van der Waals surface area contributed by atoms with Crippen molar-refractivity contribution in [2.75, 3.05) is 0 Å². The van der Waals surface area contributed by atoms with Crippen molar-refractivity contribution in [2.24, 2.45) is 0 Å². The van der Waals surface area contributed by atoms with E-state index < -0.39 is 174 Å². The average molecular weight is 853 g/mol. The fourth-order valence-corrected chi connectivity index (χ4v) is 14.5. The molecular formula is C57H36N6Si. The molecule has 5 heterocycles. The standard InChI is InChI=1S/C57H36N6Si/c1-2-19-38(20-3-1)64(52-34-15-14-33-51(52)61-46-28-9-8-26-44(46)45-27-17-35-53(64)54(45)61)39-21-16-18-37(36-39)55-58-56(62-47-29-10-4-22-40(47)41-23-5-11-30-48(41)62)60-57(59-55)63-49-31-12-6-24-42(49)43-25-7-13-32-50(43)63/h1-36H/i4D,5D,6D,7D,10D,11D,12D,13D,16D,18D,21D,22D,23D,24D,25D,29D,30D,31D,32D,36D. The topological polar surface area (TPSA) is 53.5 Å². The Kier molecular flexibility index (Phi) is 4.39. The van der Waals surface area contributed by atoms with Crippen LogP contribution in [0.1, 0.15) is 27.4 Å². The maximum absolute atomic E-state index is 10.8. The highest BCUT2D eigenvalue weighted by Crippen LogP contribution is 2.37. The third-order valence-corrected chi connectivity index (χ3v) is 16.8. The van der Waals surface area contributed by atoms with Gasteiger partial charge in [-0.15, -0.1) is 0 Å². The van der Waals surface area contributed by atoms with E-state index in [-0.39, 0.29) is 26.7 Å². The third-order valence-electron chi connectivity index (χ3n) is 12.2. The molecule has 0 fully saturated rings. The molecule has 1 unspecified atom stereocenters. The van der Waals surface area contributed by atoms with Gasteiger partial charge in [-0.1, -0.05) is 182 Å². The molecule has 64 heavy (non-hydrogen) atoms. The Morgan fingerprint density at radius 2 is 0.906 bits per heavy atom. The molecule has 0 N–H and O–H groups in total. The molecule has 0 saturated heterocycles. The average Bonchev–Trinajstić information content (AvgIpc) is 1.82. The molecule has 1 atom stereocenters. The van der Waals surface area contributed by atoms with Crippen molar-refractivity contribution in [1.29, 1.82) is 0 Å². The lowest BCUT2D eigenvalue weighted by Gasteiger charge is -2.39. The van der Waals surface area contributed by atoms with Gasteiger partial charge in [0.25, 0.3) is 0 Å². The minimum Gasteiger partial charge on any atom is -0.309 e. The summed E-state index contributed by atoms with van der Waals surface area (Å²) in [6.45, 7) is 0. The van der Waals surface area contributed by atoms with Crippen LogP contribution in [-0.2, 0) is 0 Å². The summed E-state index contributed by atoms with van der Waals surface area (Å²) in [7, 11) is -4.18. The van der Waals surface area contributed by atoms with Crippen molar-refractivity contribution in [3.63, 3.8) is 0 Å². The van der Waals surface area contributed by atoms with E-state index in [1.54, 1.807) is 0 Å². The van der Waals surface area contributed by atoms with Crippen LogP contribution in [0.15, 0.2) is 218 Å². The quantitative estimate of drug-likeness (QED) is 0.162. The summed E-state index contributed by atoms with van der Waals surface area (Å²) >= 11 is 0. The van der Waals surface area contributed by atoms with E-state index in [1.807, 2.05) is 97.1 Å². The Bertz CT molecular complexity index is 4900. The molecule has 13 aromatic rings. The van der Waals surface area contributed by atoms with Crippen LogP contribution < -0.4 is 20.7 Å². The maximum atomic E-state index is 10.8. The Hall–Kier alpha value is -8.39. The summed E-state index contributed by atoms with van der Waals surface area (Å²) in [5.74, 6) is -2.12. The van der Waals surface area contributed by atoms with E-state index >= 15 is 0 Å². The van der Waals surface area contributed by atoms with E-state index in [0.29, 0.717) is 10.4 Å². The molecule has 9 aromatic carbocycles. The van der Waals surface area contributed by atoms with Crippen molar-refractivity contribution in [1.82, 2.24) is 28.7 Å². The second-order valence-corrected chi connectivity index (χ2v) is 18.9. The van der Waals surface area contributed by atoms with Crippen LogP contribution >= 0.6 is 0 Å². The van der Waals surface area contributed by atoms with Gasteiger partial charge in [0, 0.05) is 43.6 Å². The number of fused-ring (bicyclic) bond motifs is 11. The van der Waals surface area contributed by atoms with Crippen molar-refractivity contribution in [3.05, 3.63) is 218 Å². The predicted octanol–water partition coefficient (Wildman–Crippen LogP) is 10.5. The molecule has 0 saturated carbocycles. The van der Waals surface area contributed by atoms with E-state index in [2.05, 4.69) is 4.57 Å². The molecule has 0 bridgehead atoms. The first kappa shape index (κ1) is 21.1. The van der Waals surface area contributed by atoms with Crippen molar-refractivity contribution in [3.8, 4) is 29.0 Å². The number of nitrogens with zero attached hydrogens (tertiary/aromatic N) is 6. The zero-order valence-electron chi connectivity index (χ0n) is 52.9. The number of rotatable bonds is 5. The monoisotopic (exact) mass is 852 g/mol. The molecule has 6 nitrogen and oxygen atoms in total. The van der Waals surface area contributed by atoms with Crippen LogP contribution in [0.25, 0.3) is 94.4 Å². The minimum atomic E-state index is -4.18. The highest BCUT2D eigenvalue weighted by atomic mass is 28.3. The van der Waals surface area contributed by atoms with Crippen molar-refractivity contribution < 1.29 is 27.4 Å². The number of para-hydroxylation sites is 7. The van der Waals surface area contributed by atoms with Gasteiger partial charge in [-0.3, -0.25) is 9.13 Å². The van der Waals surface area contributed by atoms with Crippen LogP contribution in [0.4, 0.5) is 0 Å². The number of hydrogen-bond donors (Lipinski definition) is 0. The largest absolute Gasteiger partial charge is 0.309 e. The first-order valence-corrected chi connectivity index (χ1v) is 22.2. The van der Waals surface area contributed by atoms with Gasteiger partial charge in [-0.25, -0.2) is 0 Å². The lowest BCUT2D eigenvalue weighted by molar-refractivity contribution is 0.893. The molecule has 0 amide bonds. The van der Waals surface area contributed by atoms with Crippen molar-refractivity contribution >= 4 is 94.2 Å². The van der Waals surface area contributed by atoms with Gasteiger partial charge in [0.15, 0.2) is 13.9 Å². The highest BCUT2D eigenvalue weighted by Gasteiger charge is 2.47. The summed E-state index contributed by atoms with van der Waals surface area (Å²) in [5.41, 5.74) is -0.0279. The normalized spacial score (nSPS) is 19.0. The fraction of sp³-hybridized carbons (Fsp3) is 0. The van der Waals surface area contributed by atoms with Gasteiger partial charge in [-0.2, -0.15) is 15.0 Å². The summed E-state index contributed by atoms with van der Waals surface area (Å²) in [6, 6.07) is 16.0. The molecule has 1 aliphatic heterocycles. The molecular weight excluding hydrogens is 797 g/mol. The summed E-state index contributed by atoms with van der Waals surface area (Å²) in [4.78, 5) is 14.6. The zero-order chi connectivity index (χ0) is 59.3.